The van der Waals surface area contributed by atoms with Crippen LogP contribution in [0.3, 0.4) is 0 Å². The monoisotopic (exact) mass is 516 g/mol. The molecule has 194 valence electrons. The molecule has 1 fully saturated rings. The number of carbonyl (C=O) groups is 2. The van der Waals surface area contributed by atoms with Crippen LogP contribution in [0, 0.1) is 20.8 Å². The summed E-state index contributed by atoms with van der Waals surface area (Å²) >= 11 is 1.63. The van der Waals surface area contributed by atoms with Gasteiger partial charge in [0.1, 0.15) is 12.4 Å². The van der Waals surface area contributed by atoms with Gasteiger partial charge in [0.05, 0.1) is 22.4 Å². The van der Waals surface area contributed by atoms with Crippen molar-refractivity contribution in [2.24, 2.45) is 0 Å². The van der Waals surface area contributed by atoms with Crippen molar-refractivity contribution in [3.05, 3.63) is 76.0 Å². The second-order valence-corrected chi connectivity index (χ2v) is 12.5. The fourth-order valence-corrected chi connectivity index (χ4v) is 6.35. The summed E-state index contributed by atoms with van der Waals surface area (Å²) in [4.78, 5) is 28.5. The molecular formula is C30H36N4O2S. The van der Waals surface area contributed by atoms with Gasteiger partial charge in [-0.1, -0.05) is 62.7 Å². The maximum Gasteiger partial charge on any atom is 0.240 e. The number of hydrogen-bond donors (Lipinski definition) is 1. The van der Waals surface area contributed by atoms with E-state index in [2.05, 4.69) is 83.3 Å². The number of amides is 2. The van der Waals surface area contributed by atoms with Crippen molar-refractivity contribution in [1.82, 2.24) is 15.1 Å². The molecule has 0 unspecified atom stereocenters. The molecule has 0 spiro atoms. The molecule has 5 rings (SSSR count). The van der Waals surface area contributed by atoms with Crippen molar-refractivity contribution in [3.8, 4) is 5.69 Å². The third-order valence-electron chi connectivity index (χ3n) is 7.10. The molecule has 6 nitrogen and oxygen atoms in total. The summed E-state index contributed by atoms with van der Waals surface area (Å²) in [7, 11) is 0. The highest BCUT2D eigenvalue weighted by Gasteiger charge is 2.40. The summed E-state index contributed by atoms with van der Waals surface area (Å²) in [6.45, 7) is 12.8. The van der Waals surface area contributed by atoms with Crippen molar-refractivity contribution in [3.63, 3.8) is 0 Å². The summed E-state index contributed by atoms with van der Waals surface area (Å²) in [5.74, 6) is 0.818. The minimum absolute atomic E-state index is 0.0103. The van der Waals surface area contributed by atoms with Crippen molar-refractivity contribution in [2.75, 3.05) is 17.2 Å². The first-order chi connectivity index (χ1) is 17.5. The van der Waals surface area contributed by atoms with Crippen LogP contribution in [0.5, 0.6) is 0 Å². The van der Waals surface area contributed by atoms with E-state index in [1.54, 1.807) is 16.7 Å². The molecule has 2 aliphatic rings. The molecule has 1 N–H and O–H groups in total. The number of benzene rings is 2. The van der Waals surface area contributed by atoms with Gasteiger partial charge in [-0.05, 0) is 56.4 Å². The number of anilines is 1. The van der Waals surface area contributed by atoms with Gasteiger partial charge < -0.3 is 5.32 Å². The van der Waals surface area contributed by atoms with E-state index in [1.807, 2.05) is 10.7 Å². The van der Waals surface area contributed by atoms with Crippen LogP contribution in [0.15, 0.2) is 42.5 Å². The van der Waals surface area contributed by atoms with Gasteiger partial charge in [-0.3, -0.25) is 14.5 Å². The molecule has 2 aromatic carbocycles. The number of rotatable bonds is 5. The van der Waals surface area contributed by atoms with Crippen molar-refractivity contribution >= 4 is 29.4 Å². The predicted octanol–water partition coefficient (Wildman–Crippen LogP) is 5.54. The van der Waals surface area contributed by atoms with E-state index in [0.29, 0.717) is 11.6 Å². The highest BCUT2D eigenvalue weighted by atomic mass is 32.2. The zero-order chi connectivity index (χ0) is 26.5. The van der Waals surface area contributed by atoms with E-state index in [1.165, 1.54) is 16.7 Å². The second-order valence-electron chi connectivity index (χ2n) is 11.4. The first kappa shape index (κ1) is 25.6. The van der Waals surface area contributed by atoms with Gasteiger partial charge in [-0.2, -0.15) is 5.10 Å². The average molecular weight is 517 g/mol. The second kappa shape index (κ2) is 9.67. The number of nitrogens with zero attached hydrogens (tertiary/aromatic N) is 3. The lowest BCUT2D eigenvalue weighted by Crippen LogP contribution is -2.43. The molecule has 37 heavy (non-hydrogen) atoms. The summed E-state index contributed by atoms with van der Waals surface area (Å²) in [6.07, 6.45) is 2.01. The minimum Gasteiger partial charge on any atom is -0.352 e. The maximum absolute atomic E-state index is 13.7. The predicted molar refractivity (Wildman–Crippen MR) is 151 cm³/mol. The van der Waals surface area contributed by atoms with E-state index in [-0.39, 0.29) is 35.1 Å². The number of nitrogens with one attached hydrogen (secondary N) is 1. The van der Waals surface area contributed by atoms with E-state index in [4.69, 9.17) is 5.10 Å². The normalized spacial score (nSPS) is 17.9. The molecule has 1 atom stereocenters. The van der Waals surface area contributed by atoms with Gasteiger partial charge in [-0.25, -0.2) is 4.68 Å². The van der Waals surface area contributed by atoms with Crippen LogP contribution >= 0.6 is 11.8 Å². The molecule has 0 saturated heterocycles. The quantitative estimate of drug-likeness (QED) is 0.483. The highest BCUT2D eigenvalue weighted by Crippen LogP contribution is 2.49. The Labute approximate surface area is 223 Å². The van der Waals surface area contributed by atoms with Gasteiger partial charge in [-0.15, -0.1) is 11.8 Å². The SMILES string of the molecule is Cc1ccc(-n2nc(C(C)(C)C)c3c2N(CC(=O)NC2CC2)C(=O)CS[C@@H]3c2ccccc2C)c(C)c1. The van der Waals surface area contributed by atoms with Crippen molar-refractivity contribution in [1.29, 1.82) is 0 Å². The summed E-state index contributed by atoms with van der Waals surface area (Å²) < 4.78 is 1.92. The van der Waals surface area contributed by atoms with Crippen LogP contribution < -0.4 is 10.2 Å². The van der Waals surface area contributed by atoms with Crippen LogP contribution in [0.4, 0.5) is 5.82 Å². The van der Waals surface area contributed by atoms with E-state index in [0.717, 1.165) is 35.3 Å². The Morgan fingerprint density at radius 1 is 1.08 bits per heavy atom. The van der Waals surface area contributed by atoms with Crippen LogP contribution in [0.25, 0.3) is 5.69 Å². The lowest BCUT2D eigenvalue weighted by atomic mass is 9.86. The molecule has 0 bridgehead atoms. The van der Waals surface area contributed by atoms with Crippen molar-refractivity contribution in [2.45, 2.75) is 71.1 Å². The summed E-state index contributed by atoms with van der Waals surface area (Å²) in [6, 6.07) is 14.9. The first-order valence-corrected chi connectivity index (χ1v) is 14.1. The lowest BCUT2D eigenvalue weighted by Gasteiger charge is -2.25. The molecule has 1 saturated carbocycles. The molecule has 3 aromatic rings. The zero-order valence-corrected chi connectivity index (χ0v) is 23.4. The molecular weight excluding hydrogens is 480 g/mol. The number of hydrogen-bond acceptors (Lipinski definition) is 4. The Morgan fingerprint density at radius 2 is 1.81 bits per heavy atom. The number of aryl methyl sites for hydroxylation is 3. The van der Waals surface area contributed by atoms with Crippen LogP contribution in [0.2, 0.25) is 0 Å². The Bertz CT molecular complexity index is 1370. The van der Waals surface area contributed by atoms with E-state index < -0.39 is 0 Å². The fraction of sp³-hybridized carbons (Fsp3) is 0.433. The number of aromatic nitrogens is 2. The zero-order valence-electron chi connectivity index (χ0n) is 22.6. The molecule has 2 amide bonds. The Kier molecular flexibility index (Phi) is 6.69. The Balaban J connectivity index is 1.78. The average Bonchev–Trinajstić information content (AvgIpc) is 3.56. The molecule has 1 aromatic heterocycles. The fourth-order valence-electron chi connectivity index (χ4n) is 5.06. The maximum atomic E-state index is 13.7. The van der Waals surface area contributed by atoms with Crippen LogP contribution in [-0.2, 0) is 15.0 Å². The lowest BCUT2D eigenvalue weighted by molar-refractivity contribution is -0.123. The third-order valence-corrected chi connectivity index (χ3v) is 8.33. The Morgan fingerprint density at radius 3 is 2.46 bits per heavy atom. The van der Waals surface area contributed by atoms with Gasteiger partial charge >= 0.3 is 0 Å². The van der Waals surface area contributed by atoms with E-state index >= 15 is 0 Å². The number of fused-ring (bicyclic) bond motifs is 1. The van der Waals surface area contributed by atoms with Crippen LogP contribution in [0.1, 0.15) is 72.4 Å². The molecule has 1 aliphatic heterocycles. The van der Waals surface area contributed by atoms with Gasteiger partial charge in [0.2, 0.25) is 11.8 Å². The standard InChI is InChI=1S/C30H36N4O2S/c1-18-11-14-23(20(3)15-18)34-29-26(28(32-34)30(4,5)6)27(22-10-8-7-9-19(22)2)37-17-25(36)33(29)16-24(35)31-21-12-13-21/h7-11,14-15,21,27H,12-13,16-17H2,1-6H3,(H,31,35)/t27-/m1/s1. The summed E-state index contributed by atoms with van der Waals surface area (Å²) in [5, 5.41) is 8.21. The van der Waals surface area contributed by atoms with Gasteiger partial charge in [0.15, 0.2) is 0 Å². The number of thioether (sulfide) groups is 1. The molecule has 1 aliphatic carbocycles. The van der Waals surface area contributed by atoms with Gasteiger partial charge in [0.25, 0.3) is 0 Å². The topological polar surface area (TPSA) is 67.2 Å². The smallest absolute Gasteiger partial charge is 0.240 e. The Hall–Kier alpha value is -3.06. The summed E-state index contributed by atoms with van der Waals surface area (Å²) in [5.41, 5.74) is 7.22. The van der Waals surface area contributed by atoms with E-state index in [9.17, 15) is 9.59 Å². The molecule has 0 radical (unpaired) electrons. The molecule has 7 heteroatoms. The first-order valence-electron chi connectivity index (χ1n) is 13.0. The number of carbonyl (C=O) groups excluding carboxylic acids is 2. The highest BCUT2D eigenvalue weighted by molar-refractivity contribution is 8.00. The van der Waals surface area contributed by atoms with Gasteiger partial charge in [0, 0.05) is 17.0 Å². The van der Waals surface area contributed by atoms with Crippen LogP contribution in [-0.4, -0.2) is 39.9 Å². The third kappa shape index (κ3) is 5.06. The largest absolute Gasteiger partial charge is 0.352 e. The van der Waals surface area contributed by atoms with Crippen molar-refractivity contribution < 1.29 is 9.59 Å². The molecule has 2 heterocycles. The minimum atomic E-state index is -0.273.